The van der Waals surface area contributed by atoms with E-state index in [0.29, 0.717) is 0 Å². The van der Waals surface area contributed by atoms with E-state index >= 15 is 0 Å². The van der Waals surface area contributed by atoms with Gasteiger partial charge in [-0.1, -0.05) is 12.1 Å². The van der Waals surface area contributed by atoms with Gasteiger partial charge in [-0.25, -0.2) is 0 Å². The summed E-state index contributed by atoms with van der Waals surface area (Å²) >= 11 is 0. The van der Waals surface area contributed by atoms with Crippen LogP contribution in [0.3, 0.4) is 0 Å². The predicted octanol–water partition coefficient (Wildman–Crippen LogP) is 3.06. The van der Waals surface area contributed by atoms with Crippen LogP contribution in [0, 0.1) is 0 Å². The average molecular weight is 232 g/mol. The van der Waals surface area contributed by atoms with Crippen LogP contribution in [0.5, 0.6) is 5.75 Å². The fourth-order valence-corrected chi connectivity index (χ4v) is 1.81. The van der Waals surface area contributed by atoms with E-state index in [1.165, 1.54) is 0 Å². The van der Waals surface area contributed by atoms with Crippen molar-refractivity contribution in [3.63, 3.8) is 0 Å². The van der Waals surface area contributed by atoms with Crippen LogP contribution in [0.4, 0.5) is 0 Å². The van der Waals surface area contributed by atoms with Crippen molar-refractivity contribution in [3.8, 4) is 5.75 Å². The zero-order valence-electron chi connectivity index (χ0n) is 10.2. The number of ether oxygens (including phenoxy) is 1. The molecule has 0 aliphatic carbocycles. The Morgan fingerprint density at radius 2 is 2.12 bits per heavy atom. The van der Waals surface area contributed by atoms with Crippen molar-refractivity contribution in [1.82, 2.24) is 0 Å². The highest BCUT2D eigenvalue weighted by molar-refractivity contribution is 5.76. The molecule has 0 bridgehead atoms. The van der Waals surface area contributed by atoms with Gasteiger partial charge in [0.15, 0.2) is 0 Å². The number of rotatable bonds is 2. The summed E-state index contributed by atoms with van der Waals surface area (Å²) in [6.45, 7) is 5.65. The molecular weight excluding hydrogens is 216 g/mol. The maximum absolute atomic E-state index is 10.9. The molecule has 0 aromatic heterocycles. The summed E-state index contributed by atoms with van der Waals surface area (Å²) in [5.41, 5.74) is 1.44. The summed E-state index contributed by atoms with van der Waals surface area (Å²) in [5, 5.41) is 8.97. The van der Waals surface area contributed by atoms with Crippen molar-refractivity contribution in [3.05, 3.63) is 35.4 Å². The SMILES string of the molecule is CC(C(=O)O)c1ccc2c(c1)C=CC(C)(C)O2. The molecule has 3 nitrogen and oxygen atoms in total. The zero-order valence-corrected chi connectivity index (χ0v) is 10.2. The number of benzene rings is 1. The van der Waals surface area contributed by atoms with Crippen LogP contribution in [0.25, 0.3) is 6.08 Å². The van der Waals surface area contributed by atoms with E-state index in [9.17, 15) is 4.79 Å². The first-order valence-corrected chi connectivity index (χ1v) is 5.64. The molecular formula is C14H16O3. The molecule has 1 unspecified atom stereocenters. The lowest BCUT2D eigenvalue weighted by Gasteiger charge is -2.28. The van der Waals surface area contributed by atoms with Gasteiger partial charge in [0.2, 0.25) is 0 Å². The van der Waals surface area contributed by atoms with Gasteiger partial charge in [0.25, 0.3) is 0 Å². The van der Waals surface area contributed by atoms with E-state index in [2.05, 4.69) is 0 Å². The molecule has 0 radical (unpaired) electrons. The molecule has 90 valence electrons. The van der Waals surface area contributed by atoms with E-state index in [1.807, 2.05) is 44.2 Å². The quantitative estimate of drug-likeness (QED) is 0.852. The van der Waals surface area contributed by atoms with Crippen molar-refractivity contribution in [1.29, 1.82) is 0 Å². The molecule has 1 aromatic carbocycles. The van der Waals surface area contributed by atoms with Crippen molar-refractivity contribution >= 4 is 12.0 Å². The molecule has 1 N–H and O–H groups in total. The first kappa shape index (κ1) is 11.7. The van der Waals surface area contributed by atoms with Gasteiger partial charge < -0.3 is 9.84 Å². The summed E-state index contributed by atoms with van der Waals surface area (Å²) in [6.07, 6.45) is 3.96. The van der Waals surface area contributed by atoms with Crippen LogP contribution in [0.1, 0.15) is 37.8 Å². The van der Waals surface area contributed by atoms with E-state index in [-0.39, 0.29) is 5.60 Å². The van der Waals surface area contributed by atoms with Crippen LogP contribution in [0.2, 0.25) is 0 Å². The van der Waals surface area contributed by atoms with E-state index < -0.39 is 11.9 Å². The van der Waals surface area contributed by atoms with Gasteiger partial charge in [0.1, 0.15) is 11.4 Å². The number of carbonyl (C=O) groups is 1. The number of fused-ring (bicyclic) bond motifs is 1. The number of carboxylic acids is 1. The molecule has 0 spiro atoms. The molecule has 1 aliphatic rings. The lowest BCUT2D eigenvalue weighted by atomic mass is 9.96. The maximum atomic E-state index is 10.9. The van der Waals surface area contributed by atoms with E-state index in [1.54, 1.807) is 6.92 Å². The Labute approximate surface area is 101 Å². The summed E-state index contributed by atoms with van der Waals surface area (Å²) < 4.78 is 5.78. The maximum Gasteiger partial charge on any atom is 0.310 e. The Morgan fingerprint density at radius 3 is 2.76 bits per heavy atom. The second kappa shape index (κ2) is 3.91. The number of aliphatic carboxylic acids is 1. The zero-order chi connectivity index (χ0) is 12.6. The first-order chi connectivity index (χ1) is 7.89. The van der Waals surface area contributed by atoms with Crippen LogP contribution in [-0.2, 0) is 4.79 Å². The lowest BCUT2D eigenvalue weighted by molar-refractivity contribution is -0.138. The number of hydrogen-bond acceptors (Lipinski definition) is 2. The third kappa shape index (κ3) is 2.33. The van der Waals surface area contributed by atoms with Crippen LogP contribution in [-0.4, -0.2) is 16.7 Å². The third-order valence-corrected chi connectivity index (χ3v) is 2.94. The monoisotopic (exact) mass is 232 g/mol. The standard InChI is InChI=1S/C14H16O3/c1-9(13(15)16)10-4-5-12-11(8-10)6-7-14(2,3)17-12/h4-9H,1-3H3,(H,15,16). The Balaban J connectivity index is 2.37. The lowest BCUT2D eigenvalue weighted by Crippen LogP contribution is -2.27. The summed E-state index contributed by atoms with van der Waals surface area (Å²) in [7, 11) is 0. The molecule has 2 rings (SSSR count). The normalized spacial score (nSPS) is 18.1. The first-order valence-electron chi connectivity index (χ1n) is 5.64. The third-order valence-electron chi connectivity index (χ3n) is 2.94. The molecule has 3 heteroatoms. The molecule has 0 amide bonds. The molecule has 0 saturated heterocycles. The Hall–Kier alpha value is -1.77. The van der Waals surface area contributed by atoms with Crippen molar-refractivity contribution in [2.24, 2.45) is 0 Å². The Kier molecular flexibility index (Phi) is 2.69. The second-order valence-electron chi connectivity index (χ2n) is 4.90. The minimum atomic E-state index is -0.814. The van der Waals surface area contributed by atoms with Crippen molar-refractivity contribution < 1.29 is 14.6 Å². The molecule has 1 aromatic rings. The molecule has 0 fully saturated rings. The molecule has 0 saturated carbocycles. The van der Waals surface area contributed by atoms with Gasteiger partial charge >= 0.3 is 5.97 Å². The molecule has 1 atom stereocenters. The number of hydrogen-bond donors (Lipinski definition) is 1. The molecule has 1 aliphatic heterocycles. The van der Waals surface area contributed by atoms with Gasteiger partial charge in [-0.3, -0.25) is 4.79 Å². The smallest absolute Gasteiger partial charge is 0.310 e. The van der Waals surface area contributed by atoms with Crippen LogP contribution in [0.15, 0.2) is 24.3 Å². The minimum Gasteiger partial charge on any atom is -0.483 e. The number of carboxylic acid groups (broad SMARTS) is 1. The van der Waals surface area contributed by atoms with Gasteiger partial charge in [0.05, 0.1) is 5.92 Å². The van der Waals surface area contributed by atoms with E-state index in [4.69, 9.17) is 9.84 Å². The molecule has 1 heterocycles. The fourth-order valence-electron chi connectivity index (χ4n) is 1.81. The predicted molar refractivity (Wildman–Crippen MR) is 66.2 cm³/mol. The highest BCUT2D eigenvalue weighted by Gasteiger charge is 2.22. The van der Waals surface area contributed by atoms with Crippen molar-refractivity contribution in [2.45, 2.75) is 32.3 Å². The largest absolute Gasteiger partial charge is 0.483 e. The second-order valence-corrected chi connectivity index (χ2v) is 4.90. The summed E-state index contributed by atoms with van der Waals surface area (Å²) in [4.78, 5) is 10.9. The highest BCUT2D eigenvalue weighted by atomic mass is 16.5. The Bertz CT molecular complexity index is 486. The summed E-state index contributed by atoms with van der Waals surface area (Å²) in [5.74, 6) is -0.506. The highest BCUT2D eigenvalue weighted by Crippen LogP contribution is 2.32. The van der Waals surface area contributed by atoms with Crippen LogP contribution >= 0.6 is 0 Å². The fraction of sp³-hybridized carbons (Fsp3) is 0.357. The minimum absolute atomic E-state index is 0.299. The van der Waals surface area contributed by atoms with Crippen molar-refractivity contribution in [2.75, 3.05) is 0 Å². The topological polar surface area (TPSA) is 46.5 Å². The van der Waals surface area contributed by atoms with Gasteiger partial charge in [-0.2, -0.15) is 0 Å². The van der Waals surface area contributed by atoms with Gasteiger partial charge in [-0.05, 0) is 44.5 Å². The van der Waals surface area contributed by atoms with E-state index in [0.717, 1.165) is 16.9 Å². The average Bonchev–Trinajstić information content (AvgIpc) is 2.26. The summed E-state index contributed by atoms with van der Waals surface area (Å²) in [6, 6.07) is 5.53. The van der Waals surface area contributed by atoms with Gasteiger partial charge in [-0.15, -0.1) is 0 Å². The van der Waals surface area contributed by atoms with Gasteiger partial charge in [0, 0.05) is 5.56 Å². The van der Waals surface area contributed by atoms with Crippen LogP contribution < -0.4 is 4.74 Å². The molecule has 17 heavy (non-hydrogen) atoms. The Morgan fingerprint density at radius 1 is 1.41 bits per heavy atom.